The molecule has 0 unspecified atom stereocenters. The molecular formula is C25H32N4O4S. The van der Waals surface area contributed by atoms with E-state index in [0.717, 1.165) is 31.5 Å². The number of piperidine rings is 1. The standard InChI is InChI=1S/C25H32N4O4S/c1-20-6-12-23(13-7-20)34(32,33)26(2)22-10-8-21(9-11-22)24(30)27-16-18-29(19-17-27)25(31)28-14-4-3-5-15-28/h6-13H,3-5,14-19H2,1-2H3. The van der Waals surface area contributed by atoms with Crippen molar-refractivity contribution >= 4 is 27.6 Å². The Morgan fingerprint density at radius 3 is 1.85 bits per heavy atom. The van der Waals surface area contributed by atoms with Crippen molar-refractivity contribution in [3.63, 3.8) is 0 Å². The Balaban J connectivity index is 1.37. The number of anilines is 1. The first-order valence-corrected chi connectivity index (χ1v) is 13.2. The van der Waals surface area contributed by atoms with Crippen LogP contribution >= 0.6 is 0 Å². The molecule has 0 aliphatic carbocycles. The zero-order valence-electron chi connectivity index (χ0n) is 19.8. The molecular weight excluding hydrogens is 452 g/mol. The Labute approximate surface area is 201 Å². The fraction of sp³-hybridized carbons (Fsp3) is 0.440. The first kappa shape index (κ1) is 24.1. The Morgan fingerprint density at radius 1 is 0.735 bits per heavy atom. The van der Waals surface area contributed by atoms with E-state index in [1.165, 1.54) is 17.8 Å². The van der Waals surface area contributed by atoms with Crippen LogP contribution in [0.1, 0.15) is 35.2 Å². The summed E-state index contributed by atoms with van der Waals surface area (Å²) < 4.78 is 27.1. The number of aryl methyl sites for hydroxylation is 1. The Hall–Kier alpha value is -3.07. The number of rotatable bonds is 4. The molecule has 2 aromatic carbocycles. The predicted octanol–water partition coefficient (Wildman–Crippen LogP) is 3.18. The third-order valence-corrected chi connectivity index (χ3v) is 8.42. The third kappa shape index (κ3) is 5.04. The molecule has 0 aromatic heterocycles. The second-order valence-corrected chi connectivity index (χ2v) is 10.9. The van der Waals surface area contributed by atoms with Gasteiger partial charge in [-0.2, -0.15) is 0 Å². The van der Waals surface area contributed by atoms with Crippen LogP contribution in [-0.4, -0.2) is 81.4 Å². The molecule has 182 valence electrons. The van der Waals surface area contributed by atoms with Crippen LogP contribution in [0.2, 0.25) is 0 Å². The Morgan fingerprint density at radius 2 is 1.26 bits per heavy atom. The molecule has 2 saturated heterocycles. The second-order valence-electron chi connectivity index (χ2n) is 8.94. The lowest BCUT2D eigenvalue weighted by Gasteiger charge is -2.38. The number of urea groups is 1. The first-order chi connectivity index (χ1) is 16.3. The molecule has 2 aromatic rings. The van der Waals surface area contributed by atoms with Gasteiger partial charge in [0.05, 0.1) is 10.6 Å². The Kier molecular flexibility index (Phi) is 7.11. The predicted molar refractivity (Wildman–Crippen MR) is 132 cm³/mol. The van der Waals surface area contributed by atoms with E-state index in [0.29, 0.717) is 37.4 Å². The van der Waals surface area contributed by atoms with E-state index in [1.807, 2.05) is 16.7 Å². The Bertz CT molecular complexity index is 1120. The maximum atomic E-state index is 13.0. The SMILES string of the molecule is Cc1ccc(S(=O)(=O)N(C)c2ccc(C(=O)N3CCN(C(=O)N4CCCCC4)CC3)cc2)cc1. The zero-order valence-corrected chi connectivity index (χ0v) is 20.6. The van der Waals surface area contributed by atoms with Gasteiger partial charge in [-0.05, 0) is 62.6 Å². The molecule has 9 heteroatoms. The van der Waals surface area contributed by atoms with E-state index in [-0.39, 0.29) is 16.8 Å². The van der Waals surface area contributed by atoms with Gasteiger partial charge in [-0.1, -0.05) is 17.7 Å². The smallest absolute Gasteiger partial charge is 0.320 e. The molecule has 0 radical (unpaired) electrons. The quantitative estimate of drug-likeness (QED) is 0.668. The summed E-state index contributed by atoms with van der Waals surface area (Å²) in [5.41, 5.74) is 1.97. The molecule has 8 nitrogen and oxygen atoms in total. The lowest BCUT2D eigenvalue weighted by molar-refractivity contribution is 0.0633. The van der Waals surface area contributed by atoms with Crippen LogP contribution in [0.3, 0.4) is 0 Å². The van der Waals surface area contributed by atoms with Crippen LogP contribution < -0.4 is 4.31 Å². The lowest BCUT2D eigenvalue weighted by atomic mass is 10.1. The first-order valence-electron chi connectivity index (χ1n) is 11.8. The summed E-state index contributed by atoms with van der Waals surface area (Å²) >= 11 is 0. The molecule has 2 heterocycles. The van der Waals surface area contributed by atoms with Crippen molar-refractivity contribution in [2.75, 3.05) is 50.6 Å². The average molecular weight is 485 g/mol. The molecule has 0 N–H and O–H groups in total. The van der Waals surface area contributed by atoms with Crippen LogP contribution in [-0.2, 0) is 10.0 Å². The van der Waals surface area contributed by atoms with Crippen molar-refractivity contribution < 1.29 is 18.0 Å². The number of nitrogens with zero attached hydrogens (tertiary/aromatic N) is 4. The molecule has 0 spiro atoms. The number of carbonyl (C=O) groups is 2. The van der Waals surface area contributed by atoms with Gasteiger partial charge in [-0.3, -0.25) is 9.10 Å². The molecule has 2 fully saturated rings. The van der Waals surface area contributed by atoms with Gasteiger partial charge >= 0.3 is 6.03 Å². The number of carbonyl (C=O) groups excluding carboxylic acids is 2. The summed E-state index contributed by atoms with van der Waals surface area (Å²) in [5.74, 6) is -0.110. The monoisotopic (exact) mass is 484 g/mol. The largest absolute Gasteiger partial charge is 0.335 e. The highest BCUT2D eigenvalue weighted by atomic mass is 32.2. The summed E-state index contributed by atoms with van der Waals surface area (Å²) in [4.78, 5) is 31.4. The molecule has 34 heavy (non-hydrogen) atoms. The van der Waals surface area contributed by atoms with Gasteiger partial charge in [-0.15, -0.1) is 0 Å². The van der Waals surface area contributed by atoms with Gasteiger partial charge < -0.3 is 14.7 Å². The van der Waals surface area contributed by atoms with Crippen LogP contribution in [0.25, 0.3) is 0 Å². The minimum atomic E-state index is -3.69. The topological polar surface area (TPSA) is 81.2 Å². The van der Waals surface area contributed by atoms with Crippen molar-refractivity contribution in [1.29, 1.82) is 0 Å². The highest BCUT2D eigenvalue weighted by Gasteiger charge is 2.28. The normalized spacial score (nSPS) is 16.9. The highest BCUT2D eigenvalue weighted by Crippen LogP contribution is 2.23. The number of hydrogen-bond donors (Lipinski definition) is 0. The van der Waals surface area contributed by atoms with Crippen molar-refractivity contribution in [3.05, 3.63) is 59.7 Å². The van der Waals surface area contributed by atoms with Crippen LogP contribution in [0, 0.1) is 6.92 Å². The number of amides is 3. The lowest BCUT2D eigenvalue weighted by Crippen LogP contribution is -2.54. The van der Waals surface area contributed by atoms with Crippen LogP contribution in [0.15, 0.2) is 53.4 Å². The van der Waals surface area contributed by atoms with E-state index >= 15 is 0 Å². The van der Waals surface area contributed by atoms with Crippen molar-refractivity contribution in [2.24, 2.45) is 0 Å². The fourth-order valence-corrected chi connectivity index (χ4v) is 5.59. The van der Waals surface area contributed by atoms with Crippen molar-refractivity contribution in [1.82, 2.24) is 14.7 Å². The van der Waals surface area contributed by atoms with E-state index in [1.54, 1.807) is 53.4 Å². The summed E-state index contributed by atoms with van der Waals surface area (Å²) in [6.45, 7) is 5.57. The van der Waals surface area contributed by atoms with E-state index in [2.05, 4.69) is 0 Å². The highest BCUT2D eigenvalue weighted by molar-refractivity contribution is 7.92. The molecule has 0 bridgehead atoms. The van der Waals surface area contributed by atoms with Crippen LogP contribution in [0.4, 0.5) is 10.5 Å². The second kappa shape index (κ2) is 10.0. The van der Waals surface area contributed by atoms with Crippen molar-refractivity contribution in [2.45, 2.75) is 31.1 Å². The average Bonchev–Trinajstić information content (AvgIpc) is 2.88. The van der Waals surface area contributed by atoms with Gasteiger partial charge in [0.25, 0.3) is 15.9 Å². The number of hydrogen-bond acceptors (Lipinski definition) is 4. The van der Waals surface area contributed by atoms with Gasteiger partial charge in [0.1, 0.15) is 0 Å². The summed E-state index contributed by atoms with van der Waals surface area (Å²) in [6.07, 6.45) is 3.29. The van der Waals surface area contributed by atoms with E-state index in [4.69, 9.17) is 0 Å². The number of piperazine rings is 1. The summed E-state index contributed by atoms with van der Waals surface area (Å²) in [6, 6.07) is 13.4. The van der Waals surface area contributed by atoms with Gasteiger partial charge in [0.2, 0.25) is 0 Å². The minimum Gasteiger partial charge on any atom is -0.335 e. The summed E-state index contributed by atoms with van der Waals surface area (Å²) in [5, 5.41) is 0. The van der Waals surface area contributed by atoms with Gasteiger partial charge in [-0.25, -0.2) is 13.2 Å². The molecule has 2 aliphatic rings. The molecule has 3 amide bonds. The molecule has 0 atom stereocenters. The van der Waals surface area contributed by atoms with Crippen LogP contribution in [0.5, 0.6) is 0 Å². The number of benzene rings is 2. The minimum absolute atomic E-state index is 0.0778. The fourth-order valence-electron chi connectivity index (χ4n) is 4.39. The maximum absolute atomic E-state index is 13.0. The van der Waals surface area contributed by atoms with E-state index < -0.39 is 10.0 Å². The summed E-state index contributed by atoms with van der Waals surface area (Å²) in [7, 11) is -2.18. The molecule has 0 saturated carbocycles. The molecule has 2 aliphatic heterocycles. The van der Waals surface area contributed by atoms with Gasteiger partial charge in [0, 0.05) is 51.9 Å². The third-order valence-electron chi connectivity index (χ3n) is 6.62. The molecule has 4 rings (SSSR count). The van der Waals surface area contributed by atoms with Crippen molar-refractivity contribution in [3.8, 4) is 0 Å². The van der Waals surface area contributed by atoms with E-state index in [9.17, 15) is 18.0 Å². The maximum Gasteiger partial charge on any atom is 0.320 e. The number of likely N-dealkylation sites (tertiary alicyclic amines) is 1. The number of sulfonamides is 1. The zero-order chi connectivity index (χ0) is 24.3. The van der Waals surface area contributed by atoms with Gasteiger partial charge in [0.15, 0.2) is 0 Å².